The third kappa shape index (κ3) is 8.33. The monoisotopic (exact) mass is 554 g/mol. The maximum atomic E-state index is 11.0. The van der Waals surface area contributed by atoms with Crippen molar-refractivity contribution in [1.29, 1.82) is 0 Å². The molecular weight excluding hydrogens is 523 g/mol. The molecule has 1 aliphatic carbocycles. The summed E-state index contributed by atoms with van der Waals surface area (Å²) in [5.74, 6) is 0. The molecule has 1 aromatic carbocycles. The number of allylic oxidation sites excluding steroid dienone is 2. The molecule has 212 valence electrons. The van der Waals surface area contributed by atoms with Crippen molar-refractivity contribution in [2.75, 3.05) is 65.7 Å². The Bertz CT molecular complexity index is 1080. The normalized spacial score (nSPS) is 22.4. The molecule has 3 aliphatic heterocycles. The van der Waals surface area contributed by atoms with E-state index in [1.54, 1.807) is 12.1 Å². The minimum atomic E-state index is -6.00. The van der Waals surface area contributed by atoms with E-state index in [0.29, 0.717) is 32.1 Å². The largest absolute Gasteiger partial charge is 0.673 e. The molecule has 10 nitrogen and oxygen atoms in total. The zero-order valence-corrected chi connectivity index (χ0v) is 21.4. The van der Waals surface area contributed by atoms with Crippen LogP contribution in [0.3, 0.4) is 0 Å². The van der Waals surface area contributed by atoms with Crippen LogP contribution >= 0.6 is 0 Å². The first kappa shape index (κ1) is 28.7. The van der Waals surface area contributed by atoms with Crippen molar-refractivity contribution in [3.05, 3.63) is 57.9 Å². The lowest BCUT2D eigenvalue weighted by atomic mass is 9.98. The molecule has 3 saturated heterocycles. The third-order valence-electron chi connectivity index (χ3n) is 6.72. The number of benzene rings is 1. The quantitative estimate of drug-likeness (QED) is 0.136. The summed E-state index contributed by atoms with van der Waals surface area (Å²) in [4.78, 5) is 15.3. The molecule has 3 fully saturated rings. The fourth-order valence-corrected chi connectivity index (χ4v) is 4.87. The standard InChI is InChI=1S/C24H31N6O4.BF4/c31-30(32)20-5-3-19(4-6-20)25-26-24-22(28-9-13-33-14-10-28)17-21(27-7-1-2-8-27)18-23(24)29-11-15-34-16-12-29;2-1(3,4)5/h3-6,17-18,24H,1-2,7-16H2;/q+1;-1. The van der Waals surface area contributed by atoms with Crippen LogP contribution in [0.5, 0.6) is 0 Å². The van der Waals surface area contributed by atoms with Gasteiger partial charge >= 0.3 is 7.25 Å². The van der Waals surface area contributed by atoms with Gasteiger partial charge in [-0.25, -0.2) is 4.58 Å². The van der Waals surface area contributed by atoms with Crippen LogP contribution in [0.15, 0.2) is 58.0 Å². The molecule has 0 aromatic heterocycles. The maximum Gasteiger partial charge on any atom is 0.673 e. The van der Waals surface area contributed by atoms with Crippen LogP contribution in [0.2, 0.25) is 0 Å². The van der Waals surface area contributed by atoms with Gasteiger partial charge in [0.15, 0.2) is 6.04 Å². The van der Waals surface area contributed by atoms with Crippen LogP contribution in [0.1, 0.15) is 12.8 Å². The second-order valence-corrected chi connectivity index (χ2v) is 9.34. The summed E-state index contributed by atoms with van der Waals surface area (Å²) < 4.78 is 52.7. The number of hydrogen-bond acceptors (Lipinski definition) is 8. The highest BCUT2D eigenvalue weighted by Crippen LogP contribution is 2.30. The van der Waals surface area contributed by atoms with Gasteiger partial charge in [0.25, 0.3) is 5.69 Å². The number of ether oxygens (including phenoxy) is 2. The average Bonchev–Trinajstić information content (AvgIpc) is 3.47. The Hall–Kier alpha value is -3.33. The van der Waals surface area contributed by atoms with E-state index >= 15 is 0 Å². The second-order valence-electron chi connectivity index (χ2n) is 9.34. The average molecular weight is 554 g/mol. The summed E-state index contributed by atoms with van der Waals surface area (Å²) in [7, 11) is -6.00. The molecular formula is C24H31BF4N6O4. The molecule has 0 spiro atoms. The van der Waals surface area contributed by atoms with E-state index in [4.69, 9.17) is 14.6 Å². The van der Waals surface area contributed by atoms with Gasteiger partial charge in [0.1, 0.15) is 13.1 Å². The molecule has 0 unspecified atom stereocenters. The lowest BCUT2D eigenvalue weighted by molar-refractivity contribution is -0.504. The van der Waals surface area contributed by atoms with Crippen molar-refractivity contribution in [3.63, 3.8) is 0 Å². The second kappa shape index (κ2) is 13.2. The van der Waals surface area contributed by atoms with Crippen LogP contribution in [-0.2, 0) is 9.47 Å². The Morgan fingerprint density at radius 3 is 1.77 bits per heavy atom. The predicted molar refractivity (Wildman–Crippen MR) is 137 cm³/mol. The molecule has 0 amide bonds. The lowest BCUT2D eigenvalue weighted by Gasteiger charge is -2.39. The van der Waals surface area contributed by atoms with Crippen molar-refractivity contribution in [2.45, 2.75) is 18.9 Å². The third-order valence-corrected chi connectivity index (χ3v) is 6.72. The first-order chi connectivity index (χ1) is 18.7. The summed E-state index contributed by atoms with van der Waals surface area (Å²) in [6.07, 6.45) is 6.99. The van der Waals surface area contributed by atoms with Gasteiger partial charge in [-0.05, 0) is 12.1 Å². The van der Waals surface area contributed by atoms with Crippen LogP contribution < -0.4 is 0 Å². The predicted octanol–water partition coefficient (Wildman–Crippen LogP) is 4.04. The maximum absolute atomic E-state index is 11.0. The minimum absolute atomic E-state index is 0.0456. The fourth-order valence-electron chi connectivity index (χ4n) is 4.87. The van der Waals surface area contributed by atoms with Gasteiger partial charge in [-0.15, -0.1) is 0 Å². The number of halogens is 4. The van der Waals surface area contributed by atoms with Gasteiger partial charge in [0.2, 0.25) is 5.71 Å². The molecule has 0 saturated carbocycles. The van der Waals surface area contributed by atoms with Crippen molar-refractivity contribution in [2.24, 2.45) is 10.2 Å². The number of rotatable bonds is 5. The number of hydrogen-bond donors (Lipinski definition) is 0. The minimum Gasteiger partial charge on any atom is -0.418 e. The van der Waals surface area contributed by atoms with Gasteiger partial charge in [-0.2, -0.15) is 10.2 Å². The molecule has 0 bridgehead atoms. The summed E-state index contributed by atoms with van der Waals surface area (Å²) >= 11 is 0. The number of nitrogens with zero attached hydrogens (tertiary/aromatic N) is 6. The van der Waals surface area contributed by atoms with Gasteiger partial charge in [-0.3, -0.25) is 10.1 Å². The highest BCUT2D eigenvalue weighted by atomic mass is 19.5. The van der Waals surface area contributed by atoms with Crippen LogP contribution in [0.25, 0.3) is 0 Å². The Labute approximate surface area is 223 Å². The summed E-state index contributed by atoms with van der Waals surface area (Å²) in [6.45, 7) is 8.20. The van der Waals surface area contributed by atoms with E-state index in [1.807, 2.05) is 0 Å². The molecule has 0 radical (unpaired) electrons. The van der Waals surface area contributed by atoms with E-state index in [0.717, 1.165) is 50.7 Å². The van der Waals surface area contributed by atoms with Crippen molar-refractivity contribution >= 4 is 24.3 Å². The van der Waals surface area contributed by atoms with E-state index in [9.17, 15) is 27.4 Å². The van der Waals surface area contributed by atoms with Gasteiger partial charge in [0.05, 0.1) is 48.4 Å². The number of nitro benzene ring substituents is 1. The molecule has 39 heavy (non-hydrogen) atoms. The van der Waals surface area contributed by atoms with Crippen LogP contribution in [-0.4, -0.2) is 104 Å². The fraction of sp³-hybridized carbons (Fsp3) is 0.542. The SMILES string of the molecule is F[B-](F)(F)F.O=[N+]([O-])c1ccc(N=NC2C(N3CCOCC3)=CC(=[N+]3CCCC3)C=C2N2CCOCC2)cc1. The molecule has 15 heteroatoms. The molecule has 4 aliphatic rings. The Kier molecular flexibility index (Phi) is 9.67. The van der Waals surface area contributed by atoms with E-state index in [2.05, 4.69) is 31.6 Å². The molecule has 3 heterocycles. The Morgan fingerprint density at radius 2 is 1.33 bits per heavy atom. The first-order valence-corrected chi connectivity index (χ1v) is 12.9. The smallest absolute Gasteiger partial charge is 0.418 e. The summed E-state index contributed by atoms with van der Waals surface area (Å²) in [6, 6.07) is 5.96. The van der Waals surface area contributed by atoms with Gasteiger partial charge < -0.3 is 36.5 Å². The Morgan fingerprint density at radius 1 is 0.872 bits per heavy atom. The van der Waals surface area contributed by atoms with Crippen LogP contribution in [0, 0.1) is 10.1 Å². The highest BCUT2D eigenvalue weighted by molar-refractivity contribution is 6.50. The first-order valence-electron chi connectivity index (χ1n) is 12.9. The van der Waals surface area contributed by atoms with E-state index in [1.165, 1.54) is 30.7 Å². The highest BCUT2D eigenvalue weighted by Gasteiger charge is 2.35. The topological polar surface area (TPSA) is 95.8 Å². The number of non-ortho nitro benzene ring substituents is 1. The van der Waals surface area contributed by atoms with Crippen molar-refractivity contribution < 1.29 is 36.2 Å². The Balaban J connectivity index is 0.000000648. The molecule has 1 aromatic rings. The number of azo groups is 1. The van der Waals surface area contributed by atoms with E-state index < -0.39 is 12.2 Å². The number of morpholine rings is 2. The summed E-state index contributed by atoms with van der Waals surface area (Å²) in [5.41, 5.74) is 4.16. The zero-order chi connectivity index (χ0) is 27.8. The van der Waals surface area contributed by atoms with Crippen molar-refractivity contribution in [1.82, 2.24) is 9.80 Å². The molecule has 0 N–H and O–H groups in total. The molecule has 5 rings (SSSR count). The van der Waals surface area contributed by atoms with E-state index in [-0.39, 0.29) is 11.7 Å². The van der Waals surface area contributed by atoms with Crippen LogP contribution in [0.4, 0.5) is 28.6 Å². The lowest BCUT2D eigenvalue weighted by Crippen LogP contribution is -2.46. The van der Waals surface area contributed by atoms with Gasteiger partial charge in [-0.1, -0.05) is 0 Å². The van der Waals surface area contributed by atoms with Crippen molar-refractivity contribution in [3.8, 4) is 0 Å². The number of nitro groups is 1. The molecule has 0 atom stereocenters. The zero-order valence-electron chi connectivity index (χ0n) is 21.4. The summed E-state index contributed by atoms with van der Waals surface area (Å²) in [5, 5.41) is 20.3. The van der Waals surface area contributed by atoms with Gasteiger partial charge in [0, 0.05) is 63.3 Å².